The molecule has 0 spiro atoms. The third-order valence-electron chi connectivity index (χ3n) is 3.49. The van der Waals surface area contributed by atoms with Crippen molar-refractivity contribution in [2.45, 2.75) is 12.5 Å². The van der Waals surface area contributed by atoms with Gasteiger partial charge in [-0.15, -0.1) is 0 Å². The van der Waals surface area contributed by atoms with E-state index < -0.39 is 5.82 Å². The summed E-state index contributed by atoms with van der Waals surface area (Å²) in [5, 5.41) is 0. The molecule has 0 bridgehead atoms. The van der Waals surface area contributed by atoms with E-state index in [9.17, 15) is 9.18 Å². The molecule has 1 aliphatic rings. The number of carbonyl (C=O) groups is 1. The highest BCUT2D eigenvalue weighted by Crippen LogP contribution is 2.20. The van der Waals surface area contributed by atoms with Gasteiger partial charge in [0, 0.05) is 35.3 Å². The van der Waals surface area contributed by atoms with Crippen molar-refractivity contribution < 1.29 is 13.9 Å². The molecule has 0 aliphatic carbocycles. The minimum absolute atomic E-state index is 0.0915. The highest BCUT2D eigenvalue weighted by molar-refractivity contribution is 9.10. The molecular weight excluding hydrogens is 351 g/mol. The van der Waals surface area contributed by atoms with Crippen LogP contribution in [0.25, 0.3) is 0 Å². The summed E-state index contributed by atoms with van der Waals surface area (Å²) < 4.78 is 19.9. The summed E-state index contributed by atoms with van der Waals surface area (Å²) in [5.74, 6) is -0.0421. The first-order chi connectivity index (χ1) is 10.6. The van der Waals surface area contributed by atoms with E-state index in [1.807, 2.05) is 6.07 Å². The molecule has 0 saturated carbocycles. The van der Waals surface area contributed by atoms with Gasteiger partial charge in [0.2, 0.25) is 5.88 Å². The van der Waals surface area contributed by atoms with E-state index in [0.29, 0.717) is 24.5 Å². The second kappa shape index (κ2) is 6.44. The third kappa shape index (κ3) is 3.44. The molecule has 3 rings (SSSR count). The van der Waals surface area contributed by atoms with Gasteiger partial charge in [-0.25, -0.2) is 9.37 Å². The maximum Gasteiger partial charge on any atom is 0.254 e. The van der Waals surface area contributed by atoms with E-state index >= 15 is 0 Å². The van der Waals surface area contributed by atoms with E-state index in [1.165, 1.54) is 12.1 Å². The van der Waals surface area contributed by atoms with Gasteiger partial charge in [-0.3, -0.25) is 4.79 Å². The average molecular weight is 365 g/mol. The maximum atomic E-state index is 13.2. The van der Waals surface area contributed by atoms with Crippen LogP contribution in [0.15, 0.2) is 47.1 Å². The predicted molar refractivity (Wildman–Crippen MR) is 83.3 cm³/mol. The van der Waals surface area contributed by atoms with Gasteiger partial charge in [-0.05, 0) is 40.2 Å². The van der Waals surface area contributed by atoms with E-state index in [1.54, 1.807) is 29.3 Å². The topological polar surface area (TPSA) is 42.4 Å². The van der Waals surface area contributed by atoms with Gasteiger partial charge < -0.3 is 9.64 Å². The lowest BCUT2D eigenvalue weighted by atomic mass is 10.2. The number of carbonyl (C=O) groups excluding carboxylic acids is 1. The number of amides is 1. The van der Waals surface area contributed by atoms with E-state index in [-0.39, 0.29) is 12.0 Å². The Morgan fingerprint density at radius 2 is 2.23 bits per heavy atom. The Balaban J connectivity index is 1.62. The zero-order chi connectivity index (χ0) is 15.5. The Morgan fingerprint density at radius 1 is 1.36 bits per heavy atom. The molecule has 1 aromatic carbocycles. The number of ether oxygens (including phenoxy) is 1. The Labute approximate surface area is 136 Å². The van der Waals surface area contributed by atoms with E-state index in [0.717, 1.165) is 10.9 Å². The molecule has 0 N–H and O–H groups in total. The number of likely N-dealkylation sites (tertiary alicyclic amines) is 1. The van der Waals surface area contributed by atoms with Crippen LogP contribution in [-0.2, 0) is 0 Å². The number of pyridine rings is 1. The summed E-state index contributed by atoms with van der Waals surface area (Å²) in [6.45, 7) is 1.07. The maximum absolute atomic E-state index is 13.2. The normalized spacial score (nSPS) is 17.5. The molecule has 1 unspecified atom stereocenters. The minimum atomic E-state index is -0.406. The number of rotatable bonds is 3. The molecule has 114 valence electrons. The average Bonchev–Trinajstić information content (AvgIpc) is 2.97. The Kier molecular flexibility index (Phi) is 4.38. The minimum Gasteiger partial charge on any atom is -0.472 e. The smallest absolute Gasteiger partial charge is 0.254 e. The van der Waals surface area contributed by atoms with Crippen molar-refractivity contribution in [1.29, 1.82) is 0 Å². The van der Waals surface area contributed by atoms with Gasteiger partial charge in [0.15, 0.2) is 0 Å². The van der Waals surface area contributed by atoms with Crippen LogP contribution in [0, 0.1) is 5.82 Å². The van der Waals surface area contributed by atoms with Crippen LogP contribution >= 0.6 is 15.9 Å². The first kappa shape index (κ1) is 15.0. The zero-order valence-corrected chi connectivity index (χ0v) is 13.3. The first-order valence-electron chi connectivity index (χ1n) is 6.95. The molecule has 1 saturated heterocycles. The summed E-state index contributed by atoms with van der Waals surface area (Å²) in [7, 11) is 0. The van der Waals surface area contributed by atoms with Gasteiger partial charge in [0.05, 0.1) is 6.54 Å². The molecule has 6 heteroatoms. The fourth-order valence-corrected chi connectivity index (χ4v) is 2.65. The molecule has 1 amide bonds. The lowest BCUT2D eigenvalue weighted by Gasteiger charge is -2.17. The number of nitrogens with zero attached hydrogens (tertiary/aromatic N) is 2. The number of hydrogen-bond donors (Lipinski definition) is 0. The molecule has 1 aliphatic heterocycles. The molecular formula is C16H14BrFN2O2. The van der Waals surface area contributed by atoms with Crippen LogP contribution in [0.5, 0.6) is 5.88 Å². The second-order valence-electron chi connectivity index (χ2n) is 5.10. The van der Waals surface area contributed by atoms with E-state index in [2.05, 4.69) is 20.9 Å². The second-order valence-corrected chi connectivity index (χ2v) is 6.02. The van der Waals surface area contributed by atoms with Crippen molar-refractivity contribution in [3.05, 3.63) is 58.4 Å². The van der Waals surface area contributed by atoms with Crippen molar-refractivity contribution in [3.63, 3.8) is 0 Å². The molecule has 1 atom stereocenters. The van der Waals surface area contributed by atoms with Crippen LogP contribution in [0.4, 0.5) is 4.39 Å². The largest absolute Gasteiger partial charge is 0.472 e. The highest BCUT2D eigenvalue weighted by Gasteiger charge is 2.28. The summed E-state index contributed by atoms with van der Waals surface area (Å²) >= 11 is 3.32. The van der Waals surface area contributed by atoms with Crippen molar-refractivity contribution in [1.82, 2.24) is 9.88 Å². The van der Waals surface area contributed by atoms with Crippen molar-refractivity contribution >= 4 is 21.8 Å². The lowest BCUT2D eigenvalue weighted by molar-refractivity contribution is 0.0770. The number of halogens is 2. The SMILES string of the molecule is O=C(c1cccc(F)c1)N1CCC(Oc2ccc(Br)cn2)C1. The fourth-order valence-electron chi connectivity index (χ4n) is 2.42. The quantitative estimate of drug-likeness (QED) is 0.839. The predicted octanol–water partition coefficient (Wildman–Crippen LogP) is 3.28. The molecule has 0 radical (unpaired) electrons. The van der Waals surface area contributed by atoms with Gasteiger partial charge in [-0.1, -0.05) is 6.07 Å². The standard InChI is InChI=1S/C16H14BrFN2O2/c17-12-4-5-15(19-9-12)22-14-6-7-20(10-14)16(21)11-2-1-3-13(18)8-11/h1-5,8-9,14H,6-7,10H2. The zero-order valence-electron chi connectivity index (χ0n) is 11.7. The monoisotopic (exact) mass is 364 g/mol. The van der Waals surface area contributed by atoms with Crippen LogP contribution < -0.4 is 4.74 Å². The number of aromatic nitrogens is 1. The van der Waals surface area contributed by atoms with Crippen molar-refractivity contribution in [2.75, 3.05) is 13.1 Å². The van der Waals surface area contributed by atoms with Crippen LogP contribution in [0.3, 0.4) is 0 Å². The molecule has 22 heavy (non-hydrogen) atoms. The van der Waals surface area contributed by atoms with Crippen molar-refractivity contribution in [3.8, 4) is 5.88 Å². The molecule has 1 aromatic heterocycles. The fraction of sp³-hybridized carbons (Fsp3) is 0.250. The lowest BCUT2D eigenvalue weighted by Crippen LogP contribution is -2.31. The Bertz CT molecular complexity index is 678. The van der Waals surface area contributed by atoms with Gasteiger partial charge in [-0.2, -0.15) is 0 Å². The molecule has 1 fully saturated rings. The van der Waals surface area contributed by atoms with Crippen molar-refractivity contribution in [2.24, 2.45) is 0 Å². The van der Waals surface area contributed by atoms with Crippen LogP contribution in [0.2, 0.25) is 0 Å². The highest BCUT2D eigenvalue weighted by atomic mass is 79.9. The molecule has 4 nitrogen and oxygen atoms in total. The summed E-state index contributed by atoms with van der Waals surface area (Å²) in [6, 6.07) is 9.38. The molecule has 2 heterocycles. The Morgan fingerprint density at radius 3 is 2.95 bits per heavy atom. The Hall–Kier alpha value is -1.95. The van der Waals surface area contributed by atoms with Crippen LogP contribution in [-0.4, -0.2) is 35.0 Å². The third-order valence-corrected chi connectivity index (χ3v) is 3.96. The summed E-state index contributed by atoms with van der Waals surface area (Å²) in [5.41, 5.74) is 0.363. The van der Waals surface area contributed by atoms with Gasteiger partial charge in [0.25, 0.3) is 5.91 Å². The summed E-state index contributed by atoms with van der Waals surface area (Å²) in [6.07, 6.45) is 2.31. The summed E-state index contributed by atoms with van der Waals surface area (Å²) in [4.78, 5) is 18.2. The van der Waals surface area contributed by atoms with E-state index in [4.69, 9.17) is 4.74 Å². The first-order valence-corrected chi connectivity index (χ1v) is 7.74. The van der Waals surface area contributed by atoms with Crippen LogP contribution in [0.1, 0.15) is 16.8 Å². The van der Waals surface area contributed by atoms with Gasteiger partial charge >= 0.3 is 0 Å². The van der Waals surface area contributed by atoms with Gasteiger partial charge in [0.1, 0.15) is 11.9 Å². The number of benzene rings is 1. The molecule has 2 aromatic rings. The number of hydrogen-bond acceptors (Lipinski definition) is 3.